The largest absolute Gasteiger partial charge is 0.494 e. The molecule has 1 unspecified atom stereocenters. The Morgan fingerprint density at radius 3 is 2.80 bits per heavy atom. The molecule has 30 heavy (non-hydrogen) atoms. The highest BCUT2D eigenvalue weighted by molar-refractivity contribution is 5.80. The molecular formula is C21H28N6O3. The zero-order chi connectivity index (χ0) is 20.9. The van der Waals surface area contributed by atoms with Crippen LogP contribution >= 0.6 is 0 Å². The monoisotopic (exact) mass is 412 g/mol. The molecule has 1 N–H and O–H groups in total. The van der Waals surface area contributed by atoms with E-state index in [2.05, 4.69) is 25.4 Å². The van der Waals surface area contributed by atoms with Crippen molar-refractivity contribution in [3.63, 3.8) is 0 Å². The number of likely N-dealkylation sites (tertiary alicyclic amines) is 1. The van der Waals surface area contributed by atoms with Gasteiger partial charge in [-0.05, 0) is 67.5 Å². The van der Waals surface area contributed by atoms with Crippen molar-refractivity contribution in [1.29, 1.82) is 0 Å². The van der Waals surface area contributed by atoms with E-state index in [1.807, 2.05) is 31.2 Å². The fourth-order valence-corrected chi connectivity index (χ4v) is 4.08. The van der Waals surface area contributed by atoms with Gasteiger partial charge in [-0.3, -0.25) is 9.69 Å². The molecule has 0 radical (unpaired) electrons. The van der Waals surface area contributed by atoms with Crippen LogP contribution in [0.15, 0.2) is 29.1 Å². The van der Waals surface area contributed by atoms with Crippen LogP contribution in [0.1, 0.15) is 43.6 Å². The molecule has 0 bridgehead atoms. The second kappa shape index (κ2) is 9.36. The SMILES string of the molecule is CCOc1ccc2[nH]c(=O)c(C(c3nnnn3CCOC)N3CCCCC3)cc2c1. The van der Waals surface area contributed by atoms with Gasteiger partial charge in [0.1, 0.15) is 11.8 Å². The summed E-state index contributed by atoms with van der Waals surface area (Å²) in [5, 5.41) is 13.3. The van der Waals surface area contributed by atoms with Crippen LogP contribution in [0.2, 0.25) is 0 Å². The van der Waals surface area contributed by atoms with E-state index in [4.69, 9.17) is 9.47 Å². The number of hydrogen-bond donors (Lipinski definition) is 1. The van der Waals surface area contributed by atoms with E-state index in [9.17, 15) is 4.79 Å². The summed E-state index contributed by atoms with van der Waals surface area (Å²) in [6.45, 7) is 5.37. The number of hydrogen-bond acceptors (Lipinski definition) is 7. The van der Waals surface area contributed by atoms with Gasteiger partial charge in [0.15, 0.2) is 5.82 Å². The summed E-state index contributed by atoms with van der Waals surface area (Å²) in [6, 6.07) is 7.34. The standard InChI is InChI=1S/C21H28N6O3/c1-3-30-16-7-8-18-15(13-16)14-17(21(28)22-18)19(26-9-5-4-6-10-26)20-23-24-25-27(20)11-12-29-2/h7-8,13-14,19H,3-6,9-12H2,1-2H3,(H,22,28). The Bertz CT molecular complexity index is 1040. The lowest BCUT2D eigenvalue weighted by Crippen LogP contribution is -2.38. The first-order valence-corrected chi connectivity index (χ1v) is 10.5. The van der Waals surface area contributed by atoms with Crippen molar-refractivity contribution in [2.45, 2.75) is 38.8 Å². The average Bonchev–Trinajstić information content (AvgIpc) is 3.22. The van der Waals surface area contributed by atoms with E-state index in [1.54, 1.807) is 11.8 Å². The van der Waals surface area contributed by atoms with E-state index in [0.29, 0.717) is 31.1 Å². The molecule has 0 saturated carbocycles. The van der Waals surface area contributed by atoms with Crippen molar-refractivity contribution < 1.29 is 9.47 Å². The minimum absolute atomic E-state index is 0.122. The summed E-state index contributed by atoms with van der Waals surface area (Å²) in [7, 11) is 1.65. The second-order valence-electron chi connectivity index (χ2n) is 7.49. The van der Waals surface area contributed by atoms with Gasteiger partial charge < -0.3 is 14.5 Å². The van der Waals surface area contributed by atoms with Gasteiger partial charge in [0, 0.05) is 23.6 Å². The van der Waals surface area contributed by atoms with Crippen LogP contribution in [0, 0.1) is 0 Å². The van der Waals surface area contributed by atoms with Crippen molar-refractivity contribution in [3.8, 4) is 5.75 Å². The number of benzene rings is 1. The summed E-state index contributed by atoms with van der Waals surface area (Å²) in [4.78, 5) is 18.5. The smallest absolute Gasteiger partial charge is 0.253 e. The first-order valence-electron chi connectivity index (χ1n) is 10.5. The van der Waals surface area contributed by atoms with Gasteiger partial charge in [0.05, 0.1) is 19.8 Å². The minimum Gasteiger partial charge on any atom is -0.494 e. The third kappa shape index (κ3) is 4.22. The maximum atomic E-state index is 13.1. The lowest BCUT2D eigenvalue weighted by atomic mass is 10.0. The molecule has 1 saturated heterocycles. The molecule has 160 valence electrons. The summed E-state index contributed by atoms with van der Waals surface area (Å²) < 4.78 is 12.6. The molecule has 1 atom stereocenters. The molecule has 4 rings (SSSR count). The average molecular weight is 412 g/mol. The molecule has 3 heterocycles. The summed E-state index contributed by atoms with van der Waals surface area (Å²) >= 11 is 0. The molecule has 0 amide bonds. The van der Waals surface area contributed by atoms with Gasteiger partial charge in [-0.15, -0.1) is 5.10 Å². The Hall–Kier alpha value is -2.78. The number of methoxy groups -OCH3 is 1. The Balaban J connectivity index is 1.82. The number of nitrogens with zero attached hydrogens (tertiary/aromatic N) is 5. The molecule has 0 spiro atoms. The first kappa shape index (κ1) is 20.5. The van der Waals surface area contributed by atoms with Crippen LogP contribution in [0.5, 0.6) is 5.75 Å². The van der Waals surface area contributed by atoms with Crippen LogP contribution in [0.3, 0.4) is 0 Å². The van der Waals surface area contributed by atoms with Crippen molar-refractivity contribution in [2.24, 2.45) is 0 Å². The van der Waals surface area contributed by atoms with E-state index in [1.165, 1.54) is 6.42 Å². The summed E-state index contributed by atoms with van der Waals surface area (Å²) in [6.07, 6.45) is 3.38. The quantitative estimate of drug-likeness (QED) is 0.605. The number of H-pyrrole nitrogens is 1. The van der Waals surface area contributed by atoms with Gasteiger partial charge in [-0.1, -0.05) is 6.42 Å². The van der Waals surface area contributed by atoms with Gasteiger partial charge in [-0.2, -0.15) is 0 Å². The van der Waals surface area contributed by atoms with Crippen molar-refractivity contribution >= 4 is 10.9 Å². The number of piperidine rings is 1. The summed E-state index contributed by atoms with van der Waals surface area (Å²) in [5.41, 5.74) is 1.30. The molecule has 3 aromatic rings. The van der Waals surface area contributed by atoms with Crippen LogP contribution in [-0.4, -0.2) is 63.5 Å². The maximum absolute atomic E-state index is 13.1. The lowest BCUT2D eigenvalue weighted by molar-refractivity contribution is 0.163. The Kier molecular flexibility index (Phi) is 6.39. The number of aromatic nitrogens is 5. The molecule has 1 aliphatic heterocycles. The Morgan fingerprint density at radius 2 is 2.03 bits per heavy atom. The van der Waals surface area contributed by atoms with Crippen LogP contribution in [0.4, 0.5) is 0 Å². The number of fused-ring (bicyclic) bond motifs is 1. The predicted octanol–water partition coefficient (Wildman–Crippen LogP) is 2.13. The Morgan fingerprint density at radius 1 is 1.20 bits per heavy atom. The number of pyridine rings is 1. The lowest BCUT2D eigenvalue weighted by Gasteiger charge is -2.33. The van der Waals surface area contributed by atoms with Crippen molar-refractivity contribution in [2.75, 3.05) is 33.4 Å². The first-order chi connectivity index (χ1) is 14.7. The molecule has 9 heteroatoms. The van der Waals surface area contributed by atoms with Gasteiger partial charge in [-0.25, -0.2) is 4.68 Å². The van der Waals surface area contributed by atoms with E-state index >= 15 is 0 Å². The minimum atomic E-state index is -0.318. The summed E-state index contributed by atoms with van der Waals surface area (Å²) in [5.74, 6) is 1.45. The van der Waals surface area contributed by atoms with Crippen LogP contribution in [-0.2, 0) is 11.3 Å². The van der Waals surface area contributed by atoms with Gasteiger partial charge >= 0.3 is 0 Å². The molecule has 9 nitrogen and oxygen atoms in total. The zero-order valence-corrected chi connectivity index (χ0v) is 17.5. The second-order valence-corrected chi connectivity index (χ2v) is 7.49. The molecule has 1 aliphatic rings. The van der Waals surface area contributed by atoms with E-state index in [-0.39, 0.29) is 11.6 Å². The number of rotatable bonds is 8. The topological polar surface area (TPSA) is 98.2 Å². The number of ether oxygens (including phenoxy) is 2. The normalized spacial score (nSPS) is 16.1. The Labute approximate surface area is 175 Å². The number of aromatic amines is 1. The van der Waals surface area contributed by atoms with Gasteiger partial charge in [0.2, 0.25) is 0 Å². The predicted molar refractivity (Wildman–Crippen MR) is 113 cm³/mol. The van der Waals surface area contributed by atoms with Crippen molar-refractivity contribution in [1.82, 2.24) is 30.1 Å². The zero-order valence-electron chi connectivity index (χ0n) is 17.5. The maximum Gasteiger partial charge on any atom is 0.253 e. The third-order valence-electron chi connectivity index (χ3n) is 5.52. The molecule has 0 aliphatic carbocycles. The van der Waals surface area contributed by atoms with Crippen LogP contribution < -0.4 is 10.3 Å². The highest BCUT2D eigenvalue weighted by Gasteiger charge is 2.31. The number of nitrogens with one attached hydrogen (secondary N) is 1. The highest BCUT2D eigenvalue weighted by atomic mass is 16.5. The molecule has 1 aromatic carbocycles. The van der Waals surface area contributed by atoms with Gasteiger partial charge in [0.25, 0.3) is 5.56 Å². The number of tetrazole rings is 1. The highest BCUT2D eigenvalue weighted by Crippen LogP contribution is 2.30. The van der Waals surface area contributed by atoms with E-state index in [0.717, 1.165) is 42.6 Å². The fraction of sp³-hybridized carbons (Fsp3) is 0.524. The molecular weight excluding hydrogens is 384 g/mol. The third-order valence-corrected chi connectivity index (χ3v) is 5.52. The fourth-order valence-electron chi connectivity index (χ4n) is 4.08. The molecule has 1 fully saturated rings. The van der Waals surface area contributed by atoms with Crippen molar-refractivity contribution in [3.05, 3.63) is 46.0 Å². The molecule has 2 aromatic heterocycles. The van der Waals surface area contributed by atoms with Crippen LogP contribution in [0.25, 0.3) is 10.9 Å². The van der Waals surface area contributed by atoms with E-state index < -0.39 is 0 Å².